The van der Waals surface area contributed by atoms with E-state index in [1.165, 1.54) is 24.0 Å². The number of benzene rings is 2. The van der Waals surface area contributed by atoms with Crippen LogP contribution in [-0.2, 0) is 0 Å². The average molecular weight is 239 g/mol. The van der Waals surface area contributed by atoms with Gasteiger partial charge in [-0.3, -0.25) is 0 Å². The molecule has 0 bridgehead atoms. The molecule has 0 aromatic heterocycles. The summed E-state index contributed by atoms with van der Waals surface area (Å²) in [6, 6.07) is 14.4. The minimum absolute atomic E-state index is 0.450. The Bertz CT molecular complexity index is 536. The Labute approximate surface area is 107 Å². The molecule has 2 nitrogen and oxygen atoms in total. The molecule has 0 unspecified atom stereocenters. The molecule has 2 heteroatoms. The summed E-state index contributed by atoms with van der Waals surface area (Å²) in [7, 11) is 0. The molecule has 0 saturated heterocycles. The van der Waals surface area contributed by atoms with Gasteiger partial charge in [-0.05, 0) is 60.7 Å². The predicted octanol–water partition coefficient (Wildman–Crippen LogP) is 3.79. The second-order valence-electron chi connectivity index (χ2n) is 4.97. The predicted molar refractivity (Wildman–Crippen MR) is 74.7 cm³/mol. The fraction of sp³-hybridized carbons (Fsp3) is 0.250. The minimum atomic E-state index is 0.450. The first-order valence-electron chi connectivity index (χ1n) is 6.35. The molecule has 92 valence electrons. The van der Waals surface area contributed by atoms with Gasteiger partial charge in [0.15, 0.2) is 0 Å². The summed E-state index contributed by atoms with van der Waals surface area (Å²) in [6.07, 6.45) is 2.83. The van der Waals surface area contributed by atoms with Crippen molar-refractivity contribution in [2.75, 3.05) is 5.73 Å². The molecule has 0 aliphatic heterocycles. The lowest BCUT2D eigenvalue weighted by molar-refractivity contribution is 0.303. The summed E-state index contributed by atoms with van der Waals surface area (Å²) in [5.74, 6) is 0.960. The van der Waals surface area contributed by atoms with Crippen molar-refractivity contribution in [2.45, 2.75) is 25.9 Å². The fourth-order valence-electron chi connectivity index (χ4n) is 2.08. The van der Waals surface area contributed by atoms with Crippen LogP contribution in [0.5, 0.6) is 5.75 Å². The van der Waals surface area contributed by atoms with Crippen LogP contribution in [0.15, 0.2) is 42.5 Å². The van der Waals surface area contributed by atoms with Gasteiger partial charge < -0.3 is 10.5 Å². The largest absolute Gasteiger partial charge is 0.490 e. The van der Waals surface area contributed by atoms with Gasteiger partial charge in [-0.1, -0.05) is 18.2 Å². The van der Waals surface area contributed by atoms with Gasteiger partial charge in [0.1, 0.15) is 5.75 Å². The van der Waals surface area contributed by atoms with E-state index in [-0.39, 0.29) is 0 Å². The van der Waals surface area contributed by atoms with Gasteiger partial charge in [-0.25, -0.2) is 0 Å². The lowest BCUT2D eigenvalue weighted by Crippen LogP contribution is -1.95. The SMILES string of the molecule is Cc1cc(N)cc(-c2ccc(OC3CC3)cc2)c1. The Morgan fingerprint density at radius 1 is 1.00 bits per heavy atom. The van der Waals surface area contributed by atoms with Crippen LogP contribution in [0.3, 0.4) is 0 Å². The molecule has 2 N–H and O–H groups in total. The normalized spacial score (nSPS) is 14.5. The Morgan fingerprint density at radius 2 is 1.72 bits per heavy atom. The minimum Gasteiger partial charge on any atom is -0.490 e. The van der Waals surface area contributed by atoms with Gasteiger partial charge in [-0.2, -0.15) is 0 Å². The number of nitrogens with two attached hydrogens (primary N) is 1. The van der Waals surface area contributed by atoms with Crippen molar-refractivity contribution >= 4 is 5.69 Å². The topological polar surface area (TPSA) is 35.2 Å². The van der Waals surface area contributed by atoms with Gasteiger partial charge in [-0.15, -0.1) is 0 Å². The second kappa shape index (κ2) is 4.37. The van der Waals surface area contributed by atoms with E-state index in [1.54, 1.807) is 0 Å². The maximum Gasteiger partial charge on any atom is 0.119 e. The summed E-state index contributed by atoms with van der Waals surface area (Å²) in [4.78, 5) is 0. The van der Waals surface area contributed by atoms with Crippen molar-refractivity contribution in [1.82, 2.24) is 0 Å². The first kappa shape index (κ1) is 11.1. The van der Waals surface area contributed by atoms with E-state index >= 15 is 0 Å². The lowest BCUT2D eigenvalue weighted by atomic mass is 10.0. The second-order valence-corrected chi connectivity index (χ2v) is 4.97. The maximum atomic E-state index is 5.88. The molecule has 2 aromatic rings. The van der Waals surface area contributed by atoms with Crippen molar-refractivity contribution in [3.8, 4) is 16.9 Å². The van der Waals surface area contributed by atoms with Crippen LogP contribution in [0.4, 0.5) is 5.69 Å². The molecule has 3 rings (SSSR count). The number of anilines is 1. The maximum absolute atomic E-state index is 5.88. The summed E-state index contributed by atoms with van der Waals surface area (Å²) in [6.45, 7) is 2.06. The van der Waals surface area contributed by atoms with Crippen LogP contribution in [0.2, 0.25) is 0 Å². The van der Waals surface area contributed by atoms with E-state index in [4.69, 9.17) is 10.5 Å². The zero-order valence-electron chi connectivity index (χ0n) is 10.5. The number of aryl methyl sites for hydroxylation is 1. The molecule has 1 aliphatic rings. The summed E-state index contributed by atoms with van der Waals surface area (Å²) in [5, 5.41) is 0. The van der Waals surface area contributed by atoms with Crippen LogP contribution >= 0.6 is 0 Å². The summed E-state index contributed by atoms with van der Waals surface area (Å²) >= 11 is 0. The zero-order valence-corrected chi connectivity index (χ0v) is 10.5. The summed E-state index contributed by atoms with van der Waals surface area (Å²) in [5.41, 5.74) is 10.2. The highest BCUT2D eigenvalue weighted by Crippen LogP contribution is 2.29. The van der Waals surface area contributed by atoms with Gasteiger partial charge in [0.2, 0.25) is 0 Å². The number of hydrogen-bond acceptors (Lipinski definition) is 2. The highest BCUT2D eigenvalue weighted by molar-refractivity contribution is 5.69. The zero-order chi connectivity index (χ0) is 12.5. The molecule has 1 fully saturated rings. The van der Waals surface area contributed by atoms with E-state index in [0.29, 0.717) is 6.10 Å². The molecule has 0 spiro atoms. The van der Waals surface area contributed by atoms with Gasteiger partial charge in [0.25, 0.3) is 0 Å². The van der Waals surface area contributed by atoms with Gasteiger partial charge in [0.05, 0.1) is 6.10 Å². The third-order valence-corrected chi connectivity index (χ3v) is 3.11. The van der Waals surface area contributed by atoms with E-state index in [9.17, 15) is 0 Å². The van der Waals surface area contributed by atoms with Crippen LogP contribution < -0.4 is 10.5 Å². The van der Waals surface area contributed by atoms with Crippen molar-refractivity contribution in [2.24, 2.45) is 0 Å². The van der Waals surface area contributed by atoms with Crippen molar-refractivity contribution in [3.05, 3.63) is 48.0 Å². The van der Waals surface area contributed by atoms with Crippen LogP contribution in [-0.4, -0.2) is 6.10 Å². The van der Waals surface area contributed by atoms with E-state index in [1.807, 2.05) is 24.3 Å². The molecule has 0 heterocycles. The number of hydrogen-bond donors (Lipinski definition) is 1. The van der Waals surface area contributed by atoms with Crippen LogP contribution in [0.25, 0.3) is 11.1 Å². The number of rotatable bonds is 3. The number of ether oxygens (including phenoxy) is 1. The monoisotopic (exact) mass is 239 g/mol. The quantitative estimate of drug-likeness (QED) is 0.827. The van der Waals surface area contributed by atoms with Gasteiger partial charge >= 0.3 is 0 Å². The lowest BCUT2D eigenvalue weighted by Gasteiger charge is -2.07. The smallest absolute Gasteiger partial charge is 0.119 e. The van der Waals surface area contributed by atoms with E-state index in [0.717, 1.165) is 17.0 Å². The molecule has 1 aliphatic carbocycles. The van der Waals surface area contributed by atoms with Gasteiger partial charge in [0, 0.05) is 5.69 Å². The third-order valence-electron chi connectivity index (χ3n) is 3.11. The molecular formula is C16H17NO. The van der Waals surface area contributed by atoms with Crippen molar-refractivity contribution < 1.29 is 4.74 Å². The first-order chi connectivity index (χ1) is 8.70. The Balaban J connectivity index is 1.86. The Hall–Kier alpha value is -1.96. The highest BCUT2D eigenvalue weighted by atomic mass is 16.5. The van der Waals surface area contributed by atoms with E-state index in [2.05, 4.69) is 25.1 Å². The highest BCUT2D eigenvalue weighted by Gasteiger charge is 2.23. The molecule has 0 amide bonds. The molecule has 0 radical (unpaired) electrons. The van der Waals surface area contributed by atoms with E-state index < -0.39 is 0 Å². The Morgan fingerprint density at radius 3 is 2.33 bits per heavy atom. The standard InChI is InChI=1S/C16H17NO/c1-11-8-13(10-14(17)9-11)12-2-4-15(5-3-12)18-16-6-7-16/h2-5,8-10,16H,6-7,17H2,1H3. The van der Waals surface area contributed by atoms with Crippen molar-refractivity contribution in [3.63, 3.8) is 0 Å². The average Bonchev–Trinajstić information content (AvgIpc) is 3.12. The molecule has 18 heavy (non-hydrogen) atoms. The fourth-order valence-corrected chi connectivity index (χ4v) is 2.08. The van der Waals surface area contributed by atoms with Crippen molar-refractivity contribution in [1.29, 1.82) is 0 Å². The molecule has 2 aromatic carbocycles. The van der Waals surface area contributed by atoms with Crippen LogP contribution in [0, 0.1) is 6.92 Å². The molecule has 0 atom stereocenters. The number of nitrogen functional groups attached to an aromatic ring is 1. The Kier molecular flexibility index (Phi) is 2.71. The molecular weight excluding hydrogens is 222 g/mol. The summed E-state index contributed by atoms with van der Waals surface area (Å²) < 4.78 is 5.74. The van der Waals surface area contributed by atoms with Crippen LogP contribution in [0.1, 0.15) is 18.4 Å². The molecule has 1 saturated carbocycles. The first-order valence-corrected chi connectivity index (χ1v) is 6.35. The third kappa shape index (κ3) is 2.48.